The Morgan fingerprint density at radius 2 is 1.83 bits per heavy atom. The van der Waals surface area contributed by atoms with Gasteiger partial charge in [-0.2, -0.15) is 5.10 Å². The first kappa shape index (κ1) is 19.8. The molecule has 3 amide bonds. The summed E-state index contributed by atoms with van der Waals surface area (Å²) in [6, 6.07) is 13.4. The van der Waals surface area contributed by atoms with Crippen molar-refractivity contribution in [1.82, 2.24) is 10.7 Å². The third-order valence-electron chi connectivity index (χ3n) is 3.95. The lowest BCUT2D eigenvalue weighted by Gasteiger charge is -2.30. The van der Waals surface area contributed by atoms with Crippen LogP contribution in [-0.4, -0.2) is 34.0 Å². The molecule has 1 atom stereocenters. The first-order valence-corrected chi connectivity index (χ1v) is 8.61. The molecule has 0 radical (unpaired) electrons. The Hall–Kier alpha value is -3.99. The number of carbonyl (C=O) groups excluding carboxylic acids is 3. The number of nitro groups is 1. The maximum absolute atomic E-state index is 12.7. The van der Waals surface area contributed by atoms with Gasteiger partial charge in [0.05, 0.1) is 10.6 Å². The van der Waals surface area contributed by atoms with Gasteiger partial charge in [-0.05, 0) is 36.5 Å². The molecule has 0 bridgehead atoms. The quantitative estimate of drug-likeness (QED) is 0.251. The highest BCUT2D eigenvalue weighted by atomic mass is 32.1. The van der Waals surface area contributed by atoms with E-state index in [1.165, 1.54) is 29.2 Å². The summed E-state index contributed by atoms with van der Waals surface area (Å²) < 4.78 is 0. The minimum absolute atomic E-state index is 0.0502. The largest absolute Gasteiger partial charge is 0.301 e. The van der Waals surface area contributed by atoms with E-state index in [1.807, 2.05) is 0 Å². The molecule has 2 N–H and O–H groups in total. The summed E-state index contributed by atoms with van der Waals surface area (Å²) >= 11 is 5.07. The highest BCUT2D eigenvalue weighted by Crippen LogP contribution is 2.19. The lowest BCUT2D eigenvalue weighted by Crippen LogP contribution is -2.58. The normalized spacial score (nSPS) is 16.6. The molecule has 2 aromatic carbocycles. The SMILES string of the molecule is O=C(N/N=C\[C@H]1C(=O)NC(=S)N(c2ccccc2)C1=O)c1ccc([N+](=O)[O-])cc1. The molecule has 1 aliphatic heterocycles. The molecule has 0 unspecified atom stereocenters. The predicted octanol–water partition coefficient (Wildman–Crippen LogP) is 1.37. The summed E-state index contributed by atoms with van der Waals surface area (Å²) in [5.74, 6) is -3.23. The van der Waals surface area contributed by atoms with Crippen molar-refractivity contribution in [2.24, 2.45) is 11.0 Å². The summed E-state index contributed by atoms with van der Waals surface area (Å²) in [4.78, 5) is 48.1. The number of hydrazone groups is 1. The average Bonchev–Trinajstić information content (AvgIpc) is 2.71. The van der Waals surface area contributed by atoms with Gasteiger partial charge in [0, 0.05) is 23.9 Å². The topological polar surface area (TPSA) is 134 Å². The van der Waals surface area contributed by atoms with Crippen molar-refractivity contribution in [3.63, 3.8) is 0 Å². The second-order valence-electron chi connectivity index (χ2n) is 5.80. The smallest absolute Gasteiger partial charge is 0.271 e. The van der Waals surface area contributed by atoms with E-state index in [9.17, 15) is 24.5 Å². The van der Waals surface area contributed by atoms with Gasteiger partial charge >= 0.3 is 0 Å². The van der Waals surface area contributed by atoms with E-state index in [1.54, 1.807) is 30.3 Å². The molecule has 146 valence electrons. The Kier molecular flexibility index (Phi) is 5.69. The van der Waals surface area contributed by atoms with E-state index in [2.05, 4.69) is 15.8 Å². The molecule has 0 spiro atoms. The average molecular weight is 411 g/mol. The minimum Gasteiger partial charge on any atom is -0.301 e. The van der Waals surface area contributed by atoms with Gasteiger partial charge in [-0.25, -0.2) is 5.43 Å². The van der Waals surface area contributed by atoms with Gasteiger partial charge in [0.15, 0.2) is 11.0 Å². The fraction of sp³-hybridized carbons (Fsp3) is 0.0556. The standard InChI is InChI=1S/C18H13N5O5S/c24-15(11-6-8-13(9-7-11)23(27)28)21-19-10-14-16(25)20-18(29)22(17(14)26)12-4-2-1-3-5-12/h1-10,14H,(H,21,24)(H,20,25,29)/b19-10-/t14-/m0/s1. The molecule has 29 heavy (non-hydrogen) atoms. The molecule has 1 saturated heterocycles. The number of carbonyl (C=O) groups is 3. The Bertz CT molecular complexity index is 1020. The van der Waals surface area contributed by atoms with Crippen LogP contribution in [-0.2, 0) is 9.59 Å². The van der Waals surface area contributed by atoms with Crippen molar-refractivity contribution in [3.05, 3.63) is 70.3 Å². The van der Waals surface area contributed by atoms with Gasteiger partial charge in [-0.15, -0.1) is 0 Å². The number of thiocarbonyl (C=S) groups is 1. The fourth-order valence-corrected chi connectivity index (χ4v) is 2.81. The van der Waals surface area contributed by atoms with Gasteiger partial charge in [0.2, 0.25) is 5.91 Å². The minimum atomic E-state index is -1.29. The Labute approximate surface area is 169 Å². The number of nitrogens with zero attached hydrogens (tertiary/aromatic N) is 3. The van der Waals surface area contributed by atoms with Crippen LogP contribution in [0.1, 0.15) is 10.4 Å². The maximum Gasteiger partial charge on any atom is 0.271 e. The molecule has 0 saturated carbocycles. The Morgan fingerprint density at radius 3 is 2.45 bits per heavy atom. The molecule has 10 nitrogen and oxygen atoms in total. The molecule has 1 fully saturated rings. The van der Waals surface area contributed by atoms with Crippen molar-refractivity contribution in [2.45, 2.75) is 0 Å². The number of rotatable bonds is 5. The molecule has 0 aromatic heterocycles. The van der Waals surface area contributed by atoms with Crippen LogP contribution < -0.4 is 15.6 Å². The van der Waals surface area contributed by atoms with E-state index in [0.29, 0.717) is 5.69 Å². The van der Waals surface area contributed by atoms with Gasteiger partial charge in [0.1, 0.15) is 0 Å². The maximum atomic E-state index is 12.7. The van der Waals surface area contributed by atoms with Crippen molar-refractivity contribution in [3.8, 4) is 0 Å². The third-order valence-corrected chi connectivity index (χ3v) is 4.23. The van der Waals surface area contributed by atoms with Crippen molar-refractivity contribution in [1.29, 1.82) is 0 Å². The first-order valence-electron chi connectivity index (χ1n) is 8.20. The second-order valence-corrected chi connectivity index (χ2v) is 6.19. The molecular formula is C18H13N5O5S. The molecule has 0 aliphatic carbocycles. The number of hydrogen-bond acceptors (Lipinski definition) is 7. The van der Waals surface area contributed by atoms with E-state index in [4.69, 9.17) is 12.2 Å². The van der Waals surface area contributed by atoms with Crippen LogP contribution in [0.25, 0.3) is 0 Å². The van der Waals surface area contributed by atoms with E-state index in [-0.39, 0.29) is 16.4 Å². The van der Waals surface area contributed by atoms with Crippen LogP contribution in [0, 0.1) is 16.0 Å². The van der Waals surface area contributed by atoms with Crippen LogP contribution in [0.5, 0.6) is 0 Å². The number of anilines is 1. The van der Waals surface area contributed by atoms with Crippen molar-refractivity contribution < 1.29 is 19.3 Å². The van der Waals surface area contributed by atoms with E-state index in [0.717, 1.165) is 6.21 Å². The highest BCUT2D eigenvalue weighted by molar-refractivity contribution is 7.80. The van der Waals surface area contributed by atoms with Crippen molar-refractivity contribution in [2.75, 3.05) is 4.90 Å². The Morgan fingerprint density at radius 1 is 1.17 bits per heavy atom. The van der Waals surface area contributed by atoms with Gasteiger partial charge in [0.25, 0.3) is 17.5 Å². The number of hydrogen-bond donors (Lipinski definition) is 2. The molecule has 1 aliphatic rings. The zero-order chi connectivity index (χ0) is 21.0. The summed E-state index contributed by atoms with van der Waals surface area (Å²) in [5.41, 5.74) is 2.62. The van der Waals surface area contributed by atoms with Crippen molar-refractivity contribution >= 4 is 52.6 Å². The number of para-hydroxylation sites is 1. The molecule has 1 heterocycles. The molecule has 3 rings (SSSR count). The lowest BCUT2D eigenvalue weighted by atomic mass is 10.1. The van der Waals surface area contributed by atoms with Gasteiger partial charge < -0.3 is 5.32 Å². The second kappa shape index (κ2) is 8.35. The number of non-ortho nitro benzene ring substituents is 1. The monoisotopic (exact) mass is 411 g/mol. The zero-order valence-corrected chi connectivity index (χ0v) is 15.5. The lowest BCUT2D eigenvalue weighted by molar-refractivity contribution is -0.384. The summed E-state index contributed by atoms with van der Waals surface area (Å²) in [6.45, 7) is 0. The summed E-state index contributed by atoms with van der Waals surface area (Å²) in [7, 11) is 0. The van der Waals surface area contributed by atoms with Crippen LogP contribution in [0.3, 0.4) is 0 Å². The number of benzene rings is 2. The summed E-state index contributed by atoms with van der Waals surface area (Å²) in [5, 5.41) is 16.7. The van der Waals surface area contributed by atoms with E-state index < -0.39 is 28.6 Å². The van der Waals surface area contributed by atoms with Crippen LogP contribution in [0.4, 0.5) is 11.4 Å². The van der Waals surface area contributed by atoms with Gasteiger partial charge in [-0.3, -0.25) is 29.4 Å². The zero-order valence-electron chi connectivity index (χ0n) is 14.6. The van der Waals surface area contributed by atoms with Crippen LogP contribution >= 0.6 is 12.2 Å². The van der Waals surface area contributed by atoms with Gasteiger partial charge in [-0.1, -0.05) is 18.2 Å². The number of nitro benzene ring substituents is 1. The third kappa shape index (κ3) is 4.30. The molecule has 11 heteroatoms. The summed E-state index contributed by atoms with van der Waals surface area (Å²) in [6.07, 6.45) is 0.999. The first-order chi connectivity index (χ1) is 13.9. The molecular weight excluding hydrogens is 398 g/mol. The predicted molar refractivity (Wildman–Crippen MR) is 107 cm³/mol. The fourth-order valence-electron chi connectivity index (χ4n) is 2.51. The van der Waals surface area contributed by atoms with E-state index >= 15 is 0 Å². The van der Waals surface area contributed by atoms with Crippen LogP contribution in [0.2, 0.25) is 0 Å². The highest BCUT2D eigenvalue weighted by Gasteiger charge is 2.38. The number of nitrogens with one attached hydrogen (secondary N) is 2. The Balaban J connectivity index is 1.71. The van der Waals surface area contributed by atoms with Crippen LogP contribution in [0.15, 0.2) is 59.7 Å². The molecule has 2 aromatic rings. The number of amides is 3.